The van der Waals surface area contributed by atoms with Crippen LogP contribution in [0.4, 0.5) is 5.95 Å². The van der Waals surface area contributed by atoms with E-state index in [1.807, 2.05) is 6.92 Å². The standard InChI is InChI=1S/C13H23N3/c1-5-6-7-8-14-13-15-11(4)9-12(16-13)10(2)3/h9-10H,5-8H2,1-4H3,(H,14,15,16). The largest absolute Gasteiger partial charge is 0.354 e. The zero-order chi connectivity index (χ0) is 12.0. The average molecular weight is 221 g/mol. The molecule has 1 aromatic rings. The van der Waals surface area contributed by atoms with Crippen LogP contribution in [0.5, 0.6) is 0 Å². The summed E-state index contributed by atoms with van der Waals surface area (Å²) in [7, 11) is 0. The van der Waals surface area contributed by atoms with Crippen molar-refractivity contribution >= 4 is 5.95 Å². The Hall–Kier alpha value is -1.12. The first kappa shape index (κ1) is 12.9. The Morgan fingerprint density at radius 2 is 2.00 bits per heavy atom. The van der Waals surface area contributed by atoms with Gasteiger partial charge in [-0.25, -0.2) is 9.97 Å². The van der Waals surface area contributed by atoms with Gasteiger partial charge in [0, 0.05) is 17.9 Å². The van der Waals surface area contributed by atoms with Crippen molar-refractivity contribution in [2.24, 2.45) is 0 Å². The maximum Gasteiger partial charge on any atom is 0.223 e. The van der Waals surface area contributed by atoms with Crippen molar-refractivity contribution in [2.75, 3.05) is 11.9 Å². The first-order valence-electron chi connectivity index (χ1n) is 6.23. The van der Waals surface area contributed by atoms with Crippen LogP contribution in [0.2, 0.25) is 0 Å². The second-order valence-electron chi connectivity index (χ2n) is 4.55. The Labute approximate surface area is 98.7 Å². The van der Waals surface area contributed by atoms with Crippen molar-refractivity contribution < 1.29 is 0 Å². The minimum Gasteiger partial charge on any atom is -0.354 e. The summed E-state index contributed by atoms with van der Waals surface area (Å²) in [5.74, 6) is 1.23. The molecule has 0 saturated heterocycles. The van der Waals surface area contributed by atoms with E-state index in [0.29, 0.717) is 5.92 Å². The van der Waals surface area contributed by atoms with Crippen LogP contribution in [0, 0.1) is 6.92 Å². The van der Waals surface area contributed by atoms with E-state index in [9.17, 15) is 0 Å². The molecule has 0 spiro atoms. The molecule has 0 aliphatic rings. The Kier molecular flexibility index (Phi) is 5.23. The summed E-state index contributed by atoms with van der Waals surface area (Å²) in [6.45, 7) is 9.50. The van der Waals surface area contributed by atoms with Crippen LogP contribution in [0.3, 0.4) is 0 Å². The summed E-state index contributed by atoms with van der Waals surface area (Å²) < 4.78 is 0. The number of aryl methyl sites for hydroxylation is 1. The molecular formula is C13H23N3. The third kappa shape index (κ3) is 4.17. The topological polar surface area (TPSA) is 37.8 Å². The van der Waals surface area contributed by atoms with E-state index in [-0.39, 0.29) is 0 Å². The predicted molar refractivity (Wildman–Crippen MR) is 68.9 cm³/mol. The van der Waals surface area contributed by atoms with Gasteiger partial charge in [-0.2, -0.15) is 0 Å². The Bertz CT molecular complexity index is 321. The summed E-state index contributed by atoms with van der Waals surface area (Å²) in [5.41, 5.74) is 2.15. The molecule has 3 nitrogen and oxygen atoms in total. The lowest BCUT2D eigenvalue weighted by atomic mass is 10.1. The van der Waals surface area contributed by atoms with Crippen molar-refractivity contribution in [1.82, 2.24) is 9.97 Å². The summed E-state index contributed by atoms with van der Waals surface area (Å²) in [4.78, 5) is 8.90. The van der Waals surface area contributed by atoms with Gasteiger partial charge in [0.25, 0.3) is 0 Å². The van der Waals surface area contributed by atoms with E-state index < -0.39 is 0 Å². The molecule has 0 fully saturated rings. The van der Waals surface area contributed by atoms with Crippen LogP contribution >= 0.6 is 0 Å². The highest BCUT2D eigenvalue weighted by Gasteiger charge is 2.04. The number of unbranched alkanes of at least 4 members (excludes halogenated alkanes) is 2. The third-order valence-corrected chi connectivity index (χ3v) is 2.53. The fraction of sp³-hybridized carbons (Fsp3) is 0.692. The van der Waals surface area contributed by atoms with Gasteiger partial charge in [0.05, 0.1) is 0 Å². The van der Waals surface area contributed by atoms with Crippen LogP contribution in [0.15, 0.2) is 6.07 Å². The minimum atomic E-state index is 0.456. The van der Waals surface area contributed by atoms with Crippen LogP contribution in [-0.2, 0) is 0 Å². The van der Waals surface area contributed by atoms with Crippen molar-refractivity contribution in [3.05, 3.63) is 17.5 Å². The molecule has 16 heavy (non-hydrogen) atoms. The van der Waals surface area contributed by atoms with Crippen molar-refractivity contribution in [3.63, 3.8) is 0 Å². The van der Waals surface area contributed by atoms with Crippen LogP contribution < -0.4 is 5.32 Å². The summed E-state index contributed by atoms with van der Waals surface area (Å²) in [5, 5.41) is 3.29. The second kappa shape index (κ2) is 6.46. The first-order chi connectivity index (χ1) is 7.63. The lowest BCUT2D eigenvalue weighted by Crippen LogP contribution is -2.08. The molecule has 3 heteroatoms. The molecule has 0 aliphatic carbocycles. The van der Waals surface area contributed by atoms with Crippen LogP contribution in [0.25, 0.3) is 0 Å². The monoisotopic (exact) mass is 221 g/mol. The van der Waals surface area contributed by atoms with E-state index in [2.05, 4.69) is 42.1 Å². The number of nitrogens with one attached hydrogen (secondary N) is 1. The van der Waals surface area contributed by atoms with E-state index >= 15 is 0 Å². The van der Waals surface area contributed by atoms with E-state index in [1.54, 1.807) is 0 Å². The summed E-state index contributed by atoms with van der Waals surface area (Å²) >= 11 is 0. The lowest BCUT2D eigenvalue weighted by molar-refractivity contribution is 0.737. The maximum atomic E-state index is 4.51. The molecule has 0 aromatic carbocycles. The number of hydrogen-bond donors (Lipinski definition) is 1. The fourth-order valence-corrected chi connectivity index (χ4v) is 1.54. The van der Waals surface area contributed by atoms with Crippen molar-refractivity contribution in [3.8, 4) is 0 Å². The summed E-state index contributed by atoms with van der Waals surface area (Å²) in [6, 6.07) is 2.06. The van der Waals surface area contributed by atoms with Gasteiger partial charge in [0.1, 0.15) is 0 Å². The SMILES string of the molecule is CCCCCNc1nc(C)cc(C(C)C)n1. The number of anilines is 1. The molecule has 0 radical (unpaired) electrons. The van der Waals surface area contributed by atoms with E-state index in [4.69, 9.17) is 0 Å². The highest BCUT2D eigenvalue weighted by molar-refractivity contribution is 5.28. The van der Waals surface area contributed by atoms with Gasteiger partial charge < -0.3 is 5.32 Å². The normalized spacial score (nSPS) is 10.8. The Morgan fingerprint density at radius 3 is 2.62 bits per heavy atom. The highest BCUT2D eigenvalue weighted by Crippen LogP contribution is 2.14. The number of rotatable bonds is 6. The molecule has 90 valence electrons. The molecule has 1 aromatic heterocycles. The van der Waals surface area contributed by atoms with E-state index in [1.165, 1.54) is 19.3 Å². The van der Waals surface area contributed by atoms with Gasteiger partial charge in [-0.1, -0.05) is 33.6 Å². The number of aromatic nitrogens is 2. The molecule has 0 unspecified atom stereocenters. The Morgan fingerprint density at radius 1 is 1.25 bits per heavy atom. The average Bonchev–Trinajstić information content (AvgIpc) is 2.23. The Balaban J connectivity index is 2.58. The highest BCUT2D eigenvalue weighted by atomic mass is 15.1. The van der Waals surface area contributed by atoms with Gasteiger partial charge in [-0.3, -0.25) is 0 Å². The third-order valence-electron chi connectivity index (χ3n) is 2.53. The molecule has 0 bridgehead atoms. The molecule has 1 N–H and O–H groups in total. The second-order valence-corrected chi connectivity index (χ2v) is 4.55. The zero-order valence-electron chi connectivity index (χ0n) is 10.9. The van der Waals surface area contributed by atoms with Gasteiger partial charge in [-0.15, -0.1) is 0 Å². The lowest BCUT2D eigenvalue weighted by Gasteiger charge is -2.09. The first-order valence-corrected chi connectivity index (χ1v) is 6.23. The van der Waals surface area contributed by atoms with E-state index in [0.717, 1.165) is 23.9 Å². The zero-order valence-corrected chi connectivity index (χ0v) is 10.9. The number of hydrogen-bond acceptors (Lipinski definition) is 3. The maximum absolute atomic E-state index is 4.51. The molecule has 1 rings (SSSR count). The fourth-order valence-electron chi connectivity index (χ4n) is 1.54. The molecule has 0 amide bonds. The molecule has 0 atom stereocenters. The molecular weight excluding hydrogens is 198 g/mol. The van der Waals surface area contributed by atoms with Crippen LogP contribution in [0.1, 0.15) is 57.3 Å². The van der Waals surface area contributed by atoms with Crippen LogP contribution in [-0.4, -0.2) is 16.5 Å². The molecule has 0 saturated carbocycles. The van der Waals surface area contributed by atoms with Gasteiger partial charge in [0.2, 0.25) is 5.95 Å². The minimum absolute atomic E-state index is 0.456. The van der Waals surface area contributed by atoms with Crippen molar-refractivity contribution in [1.29, 1.82) is 0 Å². The van der Waals surface area contributed by atoms with Gasteiger partial charge in [0.15, 0.2) is 0 Å². The quantitative estimate of drug-likeness (QED) is 0.747. The van der Waals surface area contributed by atoms with Crippen molar-refractivity contribution in [2.45, 2.75) is 52.9 Å². The van der Waals surface area contributed by atoms with Gasteiger partial charge >= 0.3 is 0 Å². The predicted octanol–water partition coefficient (Wildman–Crippen LogP) is 3.51. The molecule has 0 aliphatic heterocycles. The smallest absolute Gasteiger partial charge is 0.223 e. The number of nitrogens with zero attached hydrogens (tertiary/aromatic N) is 2. The summed E-state index contributed by atoms with van der Waals surface area (Å²) in [6.07, 6.45) is 3.69. The molecule has 1 heterocycles. The van der Waals surface area contributed by atoms with Gasteiger partial charge in [-0.05, 0) is 25.3 Å².